The first-order valence-electron chi connectivity index (χ1n) is 6.05. The zero-order valence-corrected chi connectivity index (χ0v) is 11.8. The Balaban J connectivity index is 1.84. The lowest BCUT2D eigenvalue weighted by Gasteiger charge is -2.00. The monoisotopic (exact) mass is 290 g/mol. The van der Waals surface area contributed by atoms with Crippen molar-refractivity contribution in [3.05, 3.63) is 33.6 Å². The molecule has 0 aromatic carbocycles. The zero-order valence-electron chi connectivity index (χ0n) is 11.0. The molecule has 3 N–H and O–H groups in total. The maximum atomic E-state index is 11.9. The van der Waals surface area contributed by atoms with Gasteiger partial charge in [-0.15, -0.1) is 11.3 Å². The molecular weight excluding hydrogens is 276 g/mol. The minimum atomic E-state index is -0.132. The highest BCUT2D eigenvalue weighted by atomic mass is 32.1. The van der Waals surface area contributed by atoms with Gasteiger partial charge in [0.05, 0.1) is 16.3 Å². The molecule has 2 aromatic heterocycles. The summed E-state index contributed by atoms with van der Waals surface area (Å²) < 4.78 is 4.96. The van der Waals surface area contributed by atoms with Crippen LogP contribution >= 0.6 is 11.3 Å². The van der Waals surface area contributed by atoms with Gasteiger partial charge < -0.3 is 15.6 Å². The van der Waals surface area contributed by atoms with Gasteiger partial charge >= 0.3 is 0 Å². The number of thiophene rings is 1. The van der Waals surface area contributed by atoms with Crippen LogP contribution in [-0.4, -0.2) is 29.1 Å². The fourth-order valence-electron chi connectivity index (χ4n) is 1.48. The number of carbonyl (C=O) groups is 1. The third-order valence-corrected chi connectivity index (χ3v) is 3.34. The Labute approximate surface area is 120 Å². The Morgan fingerprint density at radius 2 is 2.40 bits per heavy atom. The predicted octanol–water partition coefficient (Wildman–Crippen LogP) is 0.722. The lowest BCUT2D eigenvalue weighted by atomic mass is 10.3. The third kappa shape index (κ3) is 3.91. The summed E-state index contributed by atoms with van der Waals surface area (Å²) in [7, 11) is 0. The van der Waals surface area contributed by atoms with E-state index in [1.54, 1.807) is 13.0 Å². The van der Waals surface area contributed by atoms with Gasteiger partial charge in [0.2, 0.25) is 5.89 Å². The molecule has 1 amide bonds. The molecule has 0 aliphatic carbocycles. The van der Waals surface area contributed by atoms with E-state index in [1.807, 2.05) is 6.07 Å². The van der Waals surface area contributed by atoms with E-state index >= 15 is 0 Å². The molecule has 20 heavy (non-hydrogen) atoms. The van der Waals surface area contributed by atoms with Crippen LogP contribution in [0.1, 0.15) is 26.3 Å². The summed E-state index contributed by atoms with van der Waals surface area (Å²) in [5.41, 5.74) is 5.30. The summed E-state index contributed by atoms with van der Waals surface area (Å²) in [5, 5.41) is 6.48. The number of aromatic nitrogens is 2. The van der Waals surface area contributed by atoms with Crippen molar-refractivity contribution >= 4 is 17.2 Å². The zero-order chi connectivity index (χ0) is 14.4. The first-order chi connectivity index (χ1) is 9.69. The van der Waals surface area contributed by atoms with Gasteiger partial charge in [0, 0.05) is 13.0 Å². The van der Waals surface area contributed by atoms with Gasteiger partial charge in [-0.25, -0.2) is 0 Å². The van der Waals surface area contributed by atoms with Crippen molar-refractivity contribution < 1.29 is 9.32 Å². The molecule has 0 saturated heterocycles. The van der Waals surface area contributed by atoms with Gasteiger partial charge in [-0.2, -0.15) is 4.98 Å². The van der Waals surface area contributed by atoms with Crippen LogP contribution in [0.2, 0.25) is 0 Å². The van der Waals surface area contributed by atoms with Crippen LogP contribution in [0.25, 0.3) is 0 Å². The minimum absolute atomic E-state index is 0.132. The summed E-state index contributed by atoms with van der Waals surface area (Å²) in [5.74, 6) is 6.62. The number of carbonyl (C=O) groups excluding carboxylic acids is 1. The molecule has 2 rings (SSSR count). The van der Waals surface area contributed by atoms with Gasteiger partial charge in [0.25, 0.3) is 5.91 Å². The van der Waals surface area contributed by atoms with E-state index in [9.17, 15) is 4.79 Å². The average molecular weight is 290 g/mol. The smallest absolute Gasteiger partial charge is 0.261 e. The van der Waals surface area contributed by atoms with Gasteiger partial charge in [0.1, 0.15) is 0 Å². The second-order valence-electron chi connectivity index (χ2n) is 3.91. The van der Waals surface area contributed by atoms with Gasteiger partial charge in [0.15, 0.2) is 5.82 Å². The number of rotatable bonds is 4. The molecule has 2 heterocycles. The largest absolute Gasteiger partial charge is 0.351 e. The standard InChI is InChI=1S/C13H14N4O2S/c1-9-16-12(19-17-9)6-8-15-13(18)11-5-4-10(20-11)3-2-7-14/h4-5H,6-8,14H2,1H3,(H,15,18). The average Bonchev–Trinajstić information content (AvgIpc) is 3.05. The van der Waals surface area contributed by atoms with E-state index in [0.717, 1.165) is 4.88 Å². The molecule has 0 atom stereocenters. The normalized spacial score (nSPS) is 9.90. The quantitative estimate of drug-likeness (QED) is 0.809. The Kier molecular flexibility index (Phi) is 4.87. The van der Waals surface area contributed by atoms with Crippen LogP contribution < -0.4 is 11.1 Å². The van der Waals surface area contributed by atoms with Gasteiger partial charge in [-0.1, -0.05) is 17.0 Å². The van der Waals surface area contributed by atoms with Crippen LogP contribution in [0, 0.1) is 18.8 Å². The second kappa shape index (κ2) is 6.84. The maximum absolute atomic E-state index is 11.9. The fourth-order valence-corrected chi connectivity index (χ4v) is 2.27. The number of hydrogen-bond acceptors (Lipinski definition) is 6. The number of nitrogens with zero attached hydrogens (tertiary/aromatic N) is 2. The Morgan fingerprint density at radius 1 is 1.55 bits per heavy atom. The molecule has 6 nitrogen and oxygen atoms in total. The highest BCUT2D eigenvalue weighted by molar-refractivity contribution is 7.14. The Morgan fingerprint density at radius 3 is 3.10 bits per heavy atom. The maximum Gasteiger partial charge on any atom is 0.261 e. The van der Waals surface area contributed by atoms with E-state index in [4.69, 9.17) is 10.3 Å². The molecule has 0 aliphatic heterocycles. The second-order valence-corrected chi connectivity index (χ2v) is 4.99. The molecule has 0 radical (unpaired) electrons. The molecule has 0 fully saturated rings. The molecule has 0 bridgehead atoms. The van der Waals surface area contributed by atoms with Crippen molar-refractivity contribution in [3.63, 3.8) is 0 Å². The van der Waals surface area contributed by atoms with Crippen molar-refractivity contribution in [2.45, 2.75) is 13.3 Å². The number of amides is 1. The van der Waals surface area contributed by atoms with Gasteiger partial charge in [-0.3, -0.25) is 4.79 Å². The first-order valence-corrected chi connectivity index (χ1v) is 6.87. The Bertz CT molecular complexity index is 651. The van der Waals surface area contributed by atoms with Crippen molar-refractivity contribution in [2.75, 3.05) is 13.1 Å². The van der Waals surface area contributed by atoms with E-state index in [-0.39, 0.29) is 5.91 Å². The Hall–Kier alpha value is -2.17. The molecule has 0 aliphatic rings. The molecule has 0 saturated carbocycles. The number of hydrogen-bond donors (Lipinski definition) is 2. The van der Waals surface area contributed by atoms with E-state index in [0.29, 0.717) is 36.1 Å². The number of aryl methyl sites for hydroxylation is 1. The van der Waals surface area contributed by atoms with Crippen LogP contribution in [-0.2, 0) is 6.42 Å². The summed E-state index contributed by atoms with van der Waals surface area (Å²) in [6.45, 7) is 2.51. The van der Waals surface area contributed by atoms with Crippen molar-refractivity contribution in [2.24, 2.45) is 5.73 Å². The topological polar surface area (TPSA) is 94.0 Å². The van der Waals surface area contributed by atoms with E-state index < -0.39 is 0 Å². The third-order valence-electron chi connectivity index (χ3n) is 2.34. The molecular formula is C13H14N4O2S. The predicted molar refractivity (Wildman–Crippen MR) is 75.3 cm³/mol. The first kappa shape index (κ1) is 14.2. The molecule has 0 spiro atoms. The minimum Gasteiger partial charge on any atom is -0.351 e. The summed E-state index contributed by atoms with van der Waals surface area (Å²) >= 11 is 1.34. The molecule has 104 valence electrons. The fraction of sp³-hybridized carbons (Fsp3) is 0.308. The highest BCUT2D eigenvalue weighted by Gasteiger charge is 2.09. The summed E-state index contributed by atoms with van der Waals surface area (Å²) in [4.78, 5) is 17.4. The SMILES string of the molecule is Cc1noc(CCNC(=O)c2ccc(C#CCN)s2)n1. The molecule has 7 heteroatoms. The van der Waals surface area contributed by atoms with E-state index in [2.05, 4.69) is 27.3 Å². The van der Waals surface area contributed by atoms with Crippen LogP contribution in [0.5, 0.6) is 0 Å². The number of nitrogens with two attached hydrogens (primary N) is 1. The summed E-state index contributed by atoms with van der Waals surface area (Å²) in [6, 6.07) is 3.56. The van der Waals surface area contributed by atoms with E-state index in [1.165, 1.54) is 11.3 Å². The van der Waals surface area contributed by atoms with Crippen molar-refractivity contribution in [3.8, 4) is 11.8 Å². The highest BCUT2D eigenvalue weighted by Crippen LogP contribution is 2.15. The lowest BCUT2D eigenvalue weighted by Crippen LogP contribution is -2.24. The van der Waals surface area contributed by atoms with Crippen molar-refractivity contribution in [1.82, 2.24) is 15.5 Å². The van der Waals surface area contributed by atoms with Crippen molar-refractivity contribution in [1.29, 1.82) is 0 Å². The summed E-state index contributed by atoms with van der Waals surface area (Å²) in [6.07, 6.45) is 0.512. The van der Waals surface area contributed by atoms with Crippen LogP contribution in [0.3, 0.4) is 0 Å². The number of nitrogens with one attached hydrogen (secondary N) is 1. The lowest BCUT2D eigenvalue weighted by molar-refractivity contribution is 0.0957. The molecule has 2 aromatic rings. The van der Waals surface area contributed by atoms with Crippen LogP contribution in [0.4, 0.5) is 0 Å². The van der Waals surface area contributed by atoms with Gasteiger partial charge in [-0.05, 0) is 19.1 Å². The molecule has 0 unspecified atom stereocenters. The van der Waals surface area contributed by atoms with Crippen LogP contribution in [0.15, 0.2) is 16.7 Å².